The van der Waals surface area contributed by atoms with Crippen LogP contribution in [0.5, 0.6) is 5.75 Å². The van der Waals surface area contributed by atoms with Crippen molar-refractivity contribution in [2.24, 2.45) is 17.6 Å². The fraction of sp³-hybridized carbons (Fsp3) is 0.478. The second-order valence-electron chi connectivity index (χ2n) is 8.27. The summed E-state index contributed by atoms with van der Waals surface area (Å²) in [5, 5.41) is 8.79. The van der Waals surface area contributed by atoms with Gasteiger partial charge in [0, 0.05) is 43.6 Å². The van der Waals surface area contributed by atoms with Crippen LogP contribution in [0, 0.1) is 11.8 Å². The van der Waals surface area contributed by atoms with Crippen LogP contribution in [0.2, 0.25) is 0 Å². The molecule has 1 aromatic carbocycles. The molecule has 0 spiro atoms. The van der Waals surface area contributed by atoms with Crippen LogP contribution in [0.4, 0.5) is 5.82 Å². The normalized spacial score (nSPS) is 18.1. The third-order valence-corrected chi connectivity index (χ3v) is 6.41. The van der Waals surface area contributed by atoms with Crippen LogP contribution in [-0.2, 0) is 9.59 Å². The molecule has 0 saturated carbocycles. The van der Waals surface area contributed by atoms with E-state index in [0.717, 1.165) is 48.8 Å². The Morgan fingerprint density at radius 2 is 1.55 bits per heavy atom. The van der Waals surface area contributed by atoms with Crippen LogP contribution in [0.3, 0.4) is 0 Å². The van der Waals surface area contributed by atoms with Crippen LogP contribution >= 0.6 is 0 Å². The molecule has 0 unspecified atom stereocenters. The van der Waals surface area contributed by atoms with Crippen LogP contribution < -0.4 is 15.4 Å². The summed E-state index contributed by atoms with van der Waals surface area (Å²) >= 11 is 0. The van der Waals surface area contributed by atoms with Gasteiger partial charge >= 0.3 is 0 Å². The van der Waals surface area contributed by atoms with Gasteiger partial charge in [-0.15, -0.1) is 10.2 Å². The zero-order chi connectivity index (χ0) is 21.8. The van der Waals surface area contributed by atoms with Crippen molar-refractivity contribution in [3.8, 4) is 17.0 Å². The summed E-state index contributed by atoms with van der Waals surface area (Å²) in [6.07, 6.45) is 2.96. The molecule has 2 fully saturated rings. The van der Waals surface area contributed by atoms with Crippen molar-refractivity contribution in [3.63, 3.8) is 0 Å². The lowest BCUT2D eigenvalue weighted by Crippen LogP contribution is -2.47. The predicted molar refractivity (Wildman–Crippen MR) is 117 cm³/mol. The zero-order valence-electron chi connectivity index (χ0n) is 17.9. The van der Waals surface area contributed by atoms with Gasteiger partial charge in [0.2, 0.25) is 11.8 Å². The smallest absolute Gasteiger partial charge is 0.225 e. The second-order valence-corrected chi connectivity index (χ2v) is 8.27. The largest absolute Gasteiger partial charge is 0.497 e. The Bertz CT molecular complexity index is 900. The maximum Gasteiger partial charge on any atom is 0.225 e. The molecule has 4 rings (SSSR count). The van der Waals surface area contributed by atoms with E-state index in [1.54, 1.807) is 7.11 Å². The Morgan fingerprint density at radius 1 is 0.903 bits per heavy atom. The molecule has 2 aliphatic heterocycles. The molecule has 0 radical (unpaired) electrons. The van der Waals surface area contributed by atoms with Crippen molar-refractivity contribution in [1.82, 2.24) is 15.1 Å². The number of nitrogens with two attached hydrogens (primary N) is 1. The summed E-state index contributed by atoms with van der Waals surface area (Å²) in [4.78, 5) is 28.3. The lowest BCUT2D eigenvalue weighted by molar-refractivity contribution is -0.139. The van der Waals surface area contributed by atoms with Gasteiger partial charge in [-0.1, -0.05) is 0 Å². The molecular weight excluding hydrogens is 394 g/mol. The average Bonchev–Trinajstić information content (AvgIpc) is 2.84. The number of rotatable bonds is 5. The molecule has 2 aliphatic rings. The van der Waals surface area contributed by atoms with Crippen LogP contribution in [-0.4, -0.2) is 60.2 Å². The van der Waals surface area contributed by atoms with E-state index in [-0.39, 0.29) is 23.7 Å². The summed E-state index contributed by atoms with van der Waals surface area (Å²) in [5.41, 5.74) is 7.20. The van der Waals surface area contributed by atoms with E-state index in [2.05, 4.69) is 15.1 Å². The number of likely N-dealkylation sites (tertiary alicyclic amines) is 1. The van der Waals surface area contributed by atoms with E-state index in [9.17, 15) is 9.59 Å². The van der Waals surface area contributed by atoms with Crippen molar-refractivity contribution in [3.05, 3.63) is 36.4 Å². The number of ether oxygens (including phenoxy) is 1. The molecule has 8 nitrogen and oxygen atoms in total. The number of methoxy groups -OCH3 is 1. The number of amides is 2. The third-order valence-electron chi connectivity index (χ3n) is 6.41. The molecule has 2 N–H and O–H groups in total. The number of anilines is 1. The molecule has 2 saturated heterocycles. The molecule has 8 heteroatoms. The summed E-state index contributed by atoms with van der Waals surface area (Å²) < 4.78 is 5.19. The molecule has 0 bridgehead atoms. The van der Waals surface area contributed by atoms with Gasteiger partial charge in [-0.05, 0) is 62.1 Å². The number of aromatic nitrogens is 2. The van der Waals surface area contributed by atoms with Gasteiger partial charge in [-0.25, -0.2) is 0 Å². The van der Waals surface area contributed by atoms with E-state index in [4.69, 9.17) is 10.5 Å². The lowest BCUT2D eigenvalue weighted by atomic mass is 9.92. The fourth-order valence-corrected chi connectivity index (χ4v) is 4.41. The standard InChI is InChI=1S/C23H29N5O3/c1-31-19-4-2-16(3-5-19)20-6-7-21(26-25-20)27-12-10-18(11-13-27)23(30)28-14-8-17(9-15-28)22(24)29/h2-7,17-18H,8-15H2,1H3,(H2,24,29). The monoisotopic (exact) mass is 423 g/mol. The van der Waals surface area contributed by atoms with E-state index < -0.39 is 0 Å². The van der Waals surface area contributed by atoms with Crippen LogP contribution in [0.25, 0.3) is 11.3 Å². The highest BCUT2D eigenvalue weighted by Crippen LogP contribution is 2.27. The van der Waals surface area contributed by atoms with Crippen molar-refractivity contribution >= 4 is 17.6 Å². The first-order valence-electron chi connectivity index (χ1n) is 10.9. The van der Waals surface area contributed by atoms with Gasteiger partial charge in [0.1, 0.15) is 5.75 Å². The van der Waals surface area contributed by atoms with Gasteiger partial charge in [0.25, 0.3) is 0 Å². The number of hydrogen-bond donors (Lipinski definition) is 1. The maximum absolute atomic E-state index is 12.9. The lowest BCUT2D eigenvalue weighted by Gasteiger charge is -2.37. The van der Waals surface area contributed by atoms with Crippen molar-refractivity contribution in [2.75, 3.05) is 38.2 Å². The number of carbonyl (C=O) groups is 2. The first kappa shape index (κ1) is 21.1. The van der Waals surface area contributed by atoms with E-state index in [1.807, 2.05) is 41.3 Å². The topological polar surface area (TPSA) is 102 Å². The summed E-state index contributed by atoms with van der Waals surface area (Å²) in [7, 11) is 1.65. The van der Waals surface area contributed by atoms with E-state index in [0.29, 0.717) is 25.9 Å². The molecule has 0 aliphatic carbocycles. The molecule has 2 aromatic rings. The summed E-state index contributed by atoms with van der Waals surface area (Å²) in [5.74, 6) is 1.55. The summed E-state index contributed by atoms with van der Waals surface area (Å²) in [6, 6.07) is 11.7. The molecule has 2 amide bonds. The SMILES string of the molecule is COc1ccc(-c2ccc(N3CCC(C(=O)N4CCC(C(N)=O)CC4)CC3)nn2)cc1. The number of hydrogen-bond acceptors (Lipinski definition) is 6. The highest BCUT2D eigenvalue weighted by atomic mass is 16.5. The van der Waals surface area contributed by atoms with E-state index >= 15 is 0 Å². The van der Waals surface area contributed by atoms with Gasteiger partial charge in [-0.3, -0.25) is 9.59 Å². The van der Waals surface area contributed by atoms with Crippen LogP contribution in [0.15, 0.2) is 36.4 Å². The fourth-order valence-electron chi connectivity index (χ4n) is 4.41. The minimum absolute atomic E-state index is 0.0351. The van der Waals surface area contributed by atoms with Crippen molar-refractivity contribution in [2.45, 2.75) is 25.7 Å². The molecule has 31 heavy (non-hydrogen) atoms. The Balaban J connectivity index is 1.30. The number of nitrogens with zero attached hydrogens (tertiary/aromatic N) is 4. The number of benzene rings is 1. The minimum Gasteiger partial charge on any atom is -0.497 e. The summed E-state index contributed by atoms with van der Waals surface area (Å²) in [6.45, 7) is 2.82. The Kier molecular flexibility index (Phi) is 6.34. The quantitative estimate of drug-likeness (QED) is 0.790. The van der Waals surface area contributed by atoms with Crippen molar-refractivity contribution < 1.29 is 14.3 Å². The molecular formula is C23H29N5O3. The second kappa shape index (κ2) is 9.32. The van der Waals surface area contributed by atoms with E-state index in [1.165, 1.54) is 0 Å². The van der Waals surface area contributed by atoms with Gasteiger partial charge in [0.05, 0.1) is 12.8 Å². The highest BCUT2D eigenvalue weighted by Gasteiger charge is 2.32. The van der Waals surface area contributed by atoms with Gasteiger partial charge in [0.15, 0.2) is 5.82 Å². The van der Waals surface area contributed by atoms with Crippen molar-refractivity contribution in [1.29, 1.82) is 0 Å². The molecule has 3 heterocycles. The van der Waals surface area contributed by atoms with Gasteiger partial charge in [-0.2, -0.15) is 0 Å². The molecule has 1 aromatic heterocycles. The number of piperidine rings is 2. The van der Waals surface area contributed by atoms with Gasteiger partial charge < -0.3 is 20.3 Å². The predicted octanol–water partition coefficient (Wildman–Crippen LogP) is 2.09. The zero-order valence-corrected chi connectivity index (χ0v) is 17.9. The molecule has 164 valence electrons. The maximum atomic E-state index is 12.9. The Hall–Kier alpha value is -3.16. The highest BCUT2D eigenvalue weighted by molar-refractivity contribution is 5.80. The average molecular weight is 424 g/mol. The number of primary amides is 1. The first-order chi connectivity index (χ1) is 15.0. The van der Waals surface area contributed by atoms with Crippen LogP contribution in [0.1, 0.15) is 25.7 Å². The Morgan fingerprint density at radius 3 is 2.10 bits per heavy atom. The minimum atomic E-state index is -0.250. The molecule has 0 atom stereocenters. The first-order valence-corrected chi connectivity index (χ1v) is 10.9. The Labute approximate surface area is 182 Å². The number of carbonyl (C=O) groups excluding carboxylic acids is 2. The third kappa shape index (κ3) is 4.78.